The van der Waals surface area contributed by atoms with Crippen LogP contribution in [-0.4, -0.2) is 49.2 Å². The van der Waals surface area contributed by atoms with Gasteiger partial charge in [0.05, 0.1) is 15.7 Å². The van der Waals surface area contributed by atoms with Crippen LogP contribution in [0.5, 0.6) is 0 Å². The van der Waals surface area contributed by atoms with Gasteiger partial charge in [0.1, 0.15) is 11.6 Å². The number of nitrogens with one attached hydrogen (secondary N) is 3. The van der Waals surface area contributed by atoms with Gasteiger partial charge in [0.15, 0.2) is 0 Å². The Labute approximate surface area is 193 Å². The van der Waals surface area contributed by atoms with Crippen LogP contribution in [0.4, 0.5) is 11.6 Å². The maximum Gasteiger partial charge on any atom is 0.212 e. The maximum absolute atomic E-state index is 10.6. The molecule has 0 saturated carbocycles. The minimum absolute atomic E-state index is 0.382. The van der Waals surface area contributed by atoms with Crippen molar-refractivity contribution in [3.05, 3.63) is 34.4 Å². The fourth-order valence-corrected chi connectivity index (χ4v) is 3.89. The van der Waals surface area contributed by atoms with Gasteiger partial charge in [-0.3, -0.25) is 4.79 Å². The van der Waals surface area contributed by atoms with E-state index in [2.05, 4.69) is 25.9 Å². The fraction of sp³-hybridized carbons (Fsp3) is 0.500. The van der Waals surface area contributed by atoms with Crippen LogP contribution in [0, 0.1) is 5.92 Å². The Morgan fingerprint density at radius 1 is 1.10 bits per heavy atom. The number of amides is 1. The van der Waals surface area contributed by atoms with E-state index < -0.39 is 0 Å². The lowest BCUT2D eigenvalue weighted by molar-refractivity contribution is -0.105. The zero-order valence-corrected chi connectivity index (χ0v) is 19.0. The third kappa shape index (κ3) is 7.61. The van der Waals surface area contributed by atoms with Crippen LogP contribution in [-0.2, 0) is 9.53 Å². The Kier molecular flexibility index (Phi) is 9.81. The molecule has 0 spiro atoms. The van der Waals surface area contributed by atoms with Crippen LogP contribution in [0.25, 0.3) is 11.3 Å². The van der Waals surface area contributed by atoms with E-state index in [9.17, 15) is 4.79 Å². The molecular formula is C22H29Cl2N5O2. The summed E-state index contributed by atoms with van der Waals surface area (Å²) in [5, 5.41) is 10.0. The highest BCUT2D eigenvalue weighted by Gasteiger charge is 2.15. The fourth-order valence-electron chi connectivity index (χ4n) is 3.49. The first-order chi connectivity index (χ1) is 15.2. The van der Waals surface area contributed by atoms with Gasteiger partial charge in [-0.05, 0) is 62.9 Å². The molecule has 2 aliphatic rings. The van der Waals surface area contributed by atoms with Gasteiger partial charge in [-0.25, -0.2) is 9.97 Å². The molecule has 2 aromatic rings. The second-order valence-electron chi connectivity index (χ2n) is 7.59. The zero-order valence-electron chi connectivity index (χ0n) is 17.5. The Balaban J connectivity index is 0.000000391. The molecule has 31 heavy (non-hydrogen) atoms. The van der Waals surface area contributed by atoms with Crippen molar-refractivity contribution in [3.8, 4) is 11.3 Å². The number of nitrogens with zero attached hydrogens (tertiary/aromatic N) is 2. The number of piperidine rings is 1. The summed E-state index contributed by atoms with van der Waals surface area (Å²) in [5.74, 6) is 1.68. The largest absolute Gasteiger partial charge is 0.381 e. The molecule has 2 aromatic heterocycles. The van der Waals surface area contributed by atoms with Gasteiger partial charge in [-0.2, -0.15) is 0 Å². The average molecular weight is 466 g/mol. The first-order valence-corrected chi connectivity index (χ1v) is 11.5. The van der Waals surface area contributed by atoms with E-state index in [-0.39, 0.29) is 0 Å². The van der Waals surface area contributed by atoms with Crippen molar-refractivity contribution in [2.24, 2.45) is 5.92 Å². The van der Waals surface area contributed by atoms with Crippen molar-refractivity contribution in [3.63, 3.8) is 0 Å². The topological polar surface area (TPSA) is 88.2 Å². The van der Waals surface area contributed by atoms with Crippen LogP contribution in [0.1, 0.15) is 32.1 Å². The van der Waals surface area contributed by atoms with Gasteiger partial charge < -0.3 is 20.7 Å². The Bertz CT molecular complexity index is 831. The molecule has 4 rings (SSSR count). The number of hydrogen-bond donors (Lipinski definition) is 3. The van der Waals surface area contributed by atoms with Gasteiger partial charge in [0.25, 0.3) is 0 Å². The normalized spacial score (nSPS) is 16.7. The minimum atomic E-state index is 0.382. The summed E-state index contributed by atoms with van der Waals surface area (Å²) < 4.78 is 5.38. The summed E-state index contributed by atoms with van der Waals surface area (Å²) in [7, 11) is 0. The van der Waals surface area contributed by atoms with Crippen molar-refractivity contribution in [2.45, 2.75) is 32.1 Å². The van der Waals surface area contributed by atoms with Gasteiger partial charge in [-0.15, -0.1) is 0 Å². The lowest BCUT2D eigenvalue weighted by Gasteiger charge is -2.22. The SMILES string of the molecule is C1CCNCC1.O=CNc1cc(-c2nc(NCC3CCOCC3)ccc2Cl)c(Cl)cn1. The van der Waals surface area contributed by atoms with E-state index in [1.54, 1.807) is 12.1 Å². The third-order valence-corrected chi connectivity index (χ3v) is 5.89. The van der Waals surface area contributed by atoms with Crippen LogP contribution in [0.15, 0.2) is 24.4 Å². The molecule has 0 aliphatic carbocycles. The molecular weight excluding hydrogens is 437 g/mol. The van der Waals surface area contributed by atoms with Crippen molar-refractivity contribution in [2.75, 3.05) is 43.5 Å². The standard InChI is InChI=1S/C17H18Cl2N4O2.C5H11N/c18-13-1-2-15(20-8-11-3-5-25-6-4-11)23-17(13)12-7-16(22-10-24)21-9-14(12)19;1-2-4-6-5-3-1/h1-2,7,9-11H,3-6,8H2,(H,20,23)(H,21,22,24);6H,1-5H2. The summed E-state index contributed by atoms with van der Waals surface area (Å²) in [6.07, 6.45) is 8.32. The predicted molar refractivity (Wildman–Crippen MR) is 126 cm³/mol. The quantitative estimate of drug-likeness (QED) is 0.539. The smallest absolute Gasteiger partial charge is 0.212 e. The number of hydrogen-bond acceptors (Lipinski definition) is 6. The first-order valence-electron chi connectivity index (χ1n) is 10.7. The van der Waals surface area contributed by atoms with Gasteiger partial charge in [0, 0.05) is 31.5 Å². The number of anilines is 2. The van der Waals surface area contributed by atoms with Gasteiger partial charge in [0.2, 0.25) is 6.41 Å². The van der Waals surface area contributed by atoms with Crippen LogP contribution >= 0.6 is 23.2 Å². The molecule has 9 heteroatoms. The number of pyridine rings is 2. The molecule has 2 fully saturated rings. The van der Waals surface area contributed by atoms with Gasteiger partial charge >= 0.3 is 0 Å². The number of ether oxygens (including phenoxy) is 1. The molecule has 0 bridgehead atoms. The molecule has 2 aliphatic heterocycles. The van der Waals surface area contributed by atoms with Crippen LogP contribution in [0.3, 0.4) is 0 Å². The Morgan fingerprint density at radius 2 is 1.87 bits per heavy atom. The molecule has 7 nitrogen and oxygen atoms in total. The average Bonchev–Trinajstić information content (AvgIpc) is 2.82. The summed E-state index contributed by atoms with van der Waals surface area (Å²) in [6.45, 7) is 4.95. The number of carbonyl (C=O) groups is 1. The number of aromatic nitrogens is 2. The van der Waals surface area contributed by atoms with E-state index in [1.807, 2.05) is 6.07 Å². The molecule has 0 unspecified atom stereocenters. The highest BCUT2D eigenvalue weighted by atomic mass is 35.5. The second kappa shape index (κ2) is 12.8. The molecule has 168 valence electrons. The molecule has 0 atom stereocenters. The lowest BCUT2D eigenvalue weighted by Crippen LogP contribution is -2.22. The van der Waals surface area contributed by atoms with E-state index in [4.69, 9.17) is 27.9 Å². The molecule has 3 N–H and O–H groups in total. The molecule has 0 aromatic carbocycles. The Hall–Kier alpha value is -1.93. The van der Waals surface area contributed by atoms with Crippen LogP contribution in [0.2, 0.25) is 10.0 Å². The van der Waals surface area contributed by atoms with E-state index in [0.29, 0.717) is 39.4 Å². The summed E-state index contributed by atoms with van der Waals surface area (Å²) >= 11 is 12.5. The second-order valence-corrected chi connectivity index (χ2v) is 8.40. The minimum Gasteiger partial charge on any atom is -0.381 e. The number of rotatable bonds is 6. The first kappa shape index (κ1) is 23.7. The number of halogens is 2. The van der Waals surface area contributed by atoms with Crippen molar-refractivity contribution in [1.82, 2.24) is 15.3 Å². The summed E-state index contributed by atoms with van der Waals surface area (Å²) in [6, 6.07) is 5.26. The lowest BCUT2D eigenvalue weighted by atomic mass is 10.0. The van der Waals surface area contributed by atoms with E-state index >= 15 is 0 Å². The van der Waals surface area contributed by atoms with E-state index in [1.165, 1.54) is 38.5 Å². The monoisotopic (exact) mass is 465 g/mol. The molecule has 4 heterocycles. The third-order valence-electron chi connectivity index (χ3n) is 5.28. The highest BCUT2D eigenvalue weighted by molar-refractivity contribution is 6.36. The van der Waals surface area contributed by atoms with Gasteiger partial charge in [-0.1, -0.05) is 29.6 Å². The summed E-state index contributed by atoms with van der Waals surface area (Å²) in [5.41, 5.74) is 1.15. The number of carbonyl (C=O) groups excluding carboxylic acids is 1. The molecule has 1 amide bonds. The van der Waals surface area contributed by atoms with Crippen molar-refractivity contribution in [1.29, 1.82) is 0 Å². The molecule has 0 radical (unpaired) electrons. The highest BCUT2D eigenvalue weighted by Crippen LogP contribution is 2.33. The maximum atomic E-state index is 10.6. The Morgan fingerprint density at radius 3 is 2.52 bits per heavy atom. The van der Waals surface area contributed by atoms with Crippen LogP contribution < -0.4 is 16.0 Å². The summed E-state index contributed by atoms with van der Waals surface area (Å²) in [4.78, 5) is 19.2. The van der Waals surface area contributed by atoms with Crippen molar-refractivity contribution >= 4 is 41.2 Å². The zero-order chi connectivity index (χ0) is 21.9. The molecule has 2 saturated heterocycles. The van der Waals surface area contributed by atoms with E-state index in [0.717, 1.165) is 38.4 Å². The predicted octanol–water partition coefficient (Wildman–Crippen LogP) is 4.62. The van der Waals surface area contributed by atoms with Crippen molar-refractivity contribution < 1.29 is 9.53 Å².